The Morgan fingerprint density at radius 1 is 1.22 bits per heavy atom. The summed E-state index contributed by atoms with van der Waals surface area (Å²) in [6.45, 7) is 4.28. The number of hydrogen-bond donors (Lipinski definition) is 1. The van der Waals surface area contributed by atoms with Crippen molar-refractivity contribution in [2.24, 2.45) is 0 Å². The first-order valence-corrected chi connectivity index (χ1v) is 6.02. The van der Waals surface area contributed by atoms with Gasteiger partial charge in [0.05, 0.1) is 7.11 Å². The largest absolute Gasteiger partial charge is 0.481 e. The average Bonchev–Trinajstić information content (AvgIpc) is 2.38. The first-order valence-electron chi connectivity index (χ1n) is 6.02. The predicted octanol–water partition coefficient (Wildman–Crippen LogP) is 3.46. The Morgan fingerprint density at radius 3 is 2.67 bits per heavy atom. The fraction of sp³-hybridized carbons (Fsp3) is 0.267. The summed E-state index contributed by atoms with van der Waals surface area (Å²) >= 11 is 0. The van der Waals surface area contributed by atoms with Crippen LogP contribution in [0.25, 0.3) is 11.1 Å². The molecule has 0 unspecified atom stereocenters. The van der Waals surface area contributed by atoms with Crippen molar-refractivity contribution in [1.82, 2.24) is 4.98 Å². The van der Waals surface area contributed by atoms with Crippen LogP contribution in [0.3, 0.4) is 0 Å². The Morgan fingerprint density at radius 2 is 2.00 bits per heavy atom. The van der Waals surface area contributed by atoms with Gasteiger partial charge in [0.1, 0.15) is 0 Å². The van der Waals surface area contributed by atoms with Crippen molar-refractivity contribution >= 4 is 5.69 Å². The van der Waals surface area contributed by atoms with Crippen LogP contribution in [-0.2, 0) is 0 Å². The van der Waals surface area contributed by atoms with E-state index >= 15 is 0 Å². The maximum absolute atomic E-state index is 6.25. The molecule has 2 rings (SSSR count). The van der Waals surface area contributed by atoms with Crippen molar-refractivity contribution in [3.63, 3.8) is 0 Å². The van der Waals surface area contributed by atoms with Gasteiger partial charge in [-0.25, -0.2) is 4.98 Å². The molecule has 0 saturated heterocycles. The van der Waals surface area contributed by atoms with Crippen LogP contribution in [-0.4, -0.2) is 12.1 Å². The van der Waals surface area contributed by atoms with E-state index in [1.807, 2.05) is 24.3 Å². The van der Waals surface area contributed by atoms with Gasteiger partial charge in [0, 0.05) is 23.5 Å². The lowest BCUT2D eigenvalue weighted by Gasteiger charge is -2.14. The molecular formula is C15H18N2O. The summed E-state index contributed by atoms with van der Waals surface area (Å²) in [7, 11) is 1.61. The minimum absolute atomic E-state index is 0.411. The molecule has 2 aromatic rings. The third-order valence-corrected chi connectivity index (χ3v) is 3.02. The van der Waals surface area contributed by atoms with Gasteiger partial charge < -0.3 is 10.5 Å². The third-order valence-electron chi connectivity index (χ3n) is 3.02. The number of benzene rings is 1. The maximum Gasteiger partial charge on any atom is 0.213 e. The van der Waals surface area contributed by atoms with E-state index in [1.54, 1.807) is 13.3 Å². The third kappa shape index (κ3) is 2.30. The molecule has 0 aliphatic rings. The number of anilines is 1. The number of para-hydroxylation sites is 1. The molecule has 0 spiro atoms. The summed E-state index contributed by atoms with van der Waals surface area (Å²) in [6.07, 6.45) is 1.73. The lowest BCUT2D eigenvalue weighted by molar-refractivity contribution is 0.398. The van der Waals surface area contributed by atoms with Crippen LogP contribution in [0.5, 0.6) is 5.88 Å². The molecule has 94 valence electrons. The number of ether oxygens (including phenoxy) is 1. The number of pyridine rings is 1. The minimum Gasteiger partial charge on any atom is -0.481 e. The smallest absolute Gasteiger partial charge is 0.213 e. The van der Waals surface area contributed by atoms with Crippen molar-refractivity contribution in [1.29, 1.82) is 0 Å². The maximum atomic E-state index is 6.25. The molecule has 0 saturated carbocycles. The van der Waals surface area contributed by atoms with Crippen LogP contribution in [0.15, 0.2) is 36.5 Å². The van der Waals surface area contributed by atoms with Crippen LogP contribution >= 0.6 is 0 Å². The van der Waals surface area contributed by atoms with Crippen molar-refractivity contribution < 1.29 is 4.74 Å². The molecular weight excluding hydrogens is 224 g/mol. The highest BCUT2D eigenvalue weighted by molar-refractivity contribution is 5.79. The van der Waals surface area contributed by atoms with Crippen molar-refractivity contribution in [2.75, 3.05) is 12.8 Å². The zero-order valence-electron chi connectivity index (χ0n) is 11.0. The van der Waals surface area contributed by atoms with Crippen LogP contribution in [0, 0.1) is 0 Å². The van der Waals surface area contributed by atoms with Gasteiger partial charge in [0.2, 0.25) is 5.88 Å². The summed E-state index contributed by atoms with van der Waals surface area (Å²) in [5, 5.41) is 0. The lowest BCUT2D eigenvalue weighted by Crippen LogP contribution is -1.99. The number of aromatic nitrogens is 1. The number of nitrogens with zero attached hydrogens (tertiary/aromatic N) is 1. The first kappa shape index (κ1) is 12.4. The molecule has 18 heavy (non-hydrogen) atoms. The van der Waals surface area contributed by atoms with Crippen molar-refractivity contribution in [2.45, 2.75) is 19.8 Å². The minimum atomic E-state index is 0.411. The highest BCUT2D eigenvalue weighted by Gasteiger charge is 2.10. The molecule has 0 radical (unpaired) electrons. The fourth-order valence-electron chi connectivity index (χ4n) is 2.03. The SMILES string of the molecule is COc1cc(-c2cccc(C(C)C)c2N)ccn1. The monoisotopic (exact) mass is 242 g/mol. The Labute approximate surface area is 108 Å². The van der Waals surface area contributed by atoms with E-state index in [-0.39, 0.29) is 0 Å². The lowest BCUT2D eigenvalue weighted by atomic mass is 9.95. The second kappa shape index (κ2) is 5.08. The molecule has 2 N–H and O–H groups in total. The number of hydrogen-bond acceptors (Lipinski definition) is 3. The predicted molar refractivity (Wildman–Crippen MR) is 74.7 cm³/mol. The number of nitrogen functional groups attached to an aromatic ring is 1. The van der Waals surface area contributed by atoms with E-state index in [1.165, 1.54) is 5.56 Å². The second-order valence-electron chi connectivity index (χ2n) is 4.55. The summed E-state index contributed by atoms with van der Waals surface area (Å²) in [4.78, 5) is 4.11. The Bertz CT molecular complexity index is 550. The van der Waals surface area contributed by atoms with E-state index < -0.39 is 0 Å². The molecule has 0 aliphatic heterocycles. The molecule has 3 heteroatoms. The van der Waals surface area contributed by atoms with E-state index in [2.05, 4.69) is 24.9 Å². The summed E-state index contributed by atoms with van der Waals surface area (Å²) in [5.74, 6) is 1.01. The first-order chi connectivity index (χ1) is 8.63. The molecule has 1 aromatic heterocycles. The van der Waals surface area contributed by atoms with Gasteiger partial charge in [-0.2, -0.15) is 0 Å². The summed E-state index contributed by atoms with van der Waals surface area (Å²) in [6, 6.07) is 9.97. The zero-order valence-corrected chi connectivity index (χ0v) is 11.0. The van der Waals surface area contributed by atoms with E-state index in [0.717, 1.165) is 16.8 Å². The zero-order chi connectivity index (χ0) is 13.1. The molecule has 0 amide bonds. The standard InChI is InChI=1S/C15H18N2O/c1-10(2)12-5-4-6-13(15(12)16)11-7-8-17-14(9-11)18-3/h4-10H,16H2,1-3H3. The van der Waals surface area contributed by atoms with E-state index in [9.17, 15) is 0 Å². The number of nitrogens with two attached hydrogens (primary N) is 1. The summed E-state index contributed by atoms with van der Waals surface area (Å²) in [5.41, 5.74) is 10.3. The fourth-order valence-corrected chi connectivity index (χ4v) is 2.03. The molecule has 0 aliphatic carbocycles. The topological polar surface area (TPSA) is 48.1 Å². The van der Waals surface area contributed by atoms with Gasteiger partial charge in [-0.15, -0.1) is 0 Å². The van der Waals surface area contributed by atoms with Gasteiger partial charge in [0.15, 0.2) is 0 Å². The molecule has 0 bridgehead atoms. The van der Waals surface area contributed by atoms with Gasteiger partial charge in [-0.3, -0.25) is 0 Å². The molecule has 1 heterocycles. The van der Waals surface area contributed by atoms with Crippen molar-refractivity contribution in [3.05, 3.63) is 42.1 Å². The second-order valence-corrected chi connectivity index (χ2v) is 4.55. The van der Waals surface area contributed by atoms with E-state index in [4.69, 9.17) is 10.5 Å². The molecule has 1 aromatic carbocycles. The normalized spacial score (nSPS) is 10.7. The highest BCUT2D eigenvalue weighted by Crippen LogP contribution is 2.33. The Hall–Kier alpha value is -2.03. The van der Waals surface area contributed by atoms with E-state index in [0.29, 0.717) is 11.8 Å². The van der Waals surface area contributed by atoms with Gasteiger partial charge in [-0.05, 0) is 23.1 Å². The van der Waals surface area contributed by atoms with Gasteiger partial charge >= 0.3 is 0 Å². The van der Waals surface area contributed by atoms with Gasteiger partial charge in [-0.1, -0.05) is 32.0 Å². The van der Waals surface area contributed by atoms with Gasteiger partial charge in [0.25, 0.3) is 0 Å². The Balaban J connectivity index is 2.53. The summed E-state index contributed by atoms with van der Waals surface area (Å²) < 4.78 is 5.14. The quantitative estimate of drug-likeness (QED) is 0.838. The highest BCUT2D eigenvalue weighted by atomic mass is 16.5. The molecule has 0 atom stereocenters. The molecule has 0 fully saturated rings. The van der Waals surface area contributed by atoms with Crippen LogP contribution in [0.4, 0.5) is 5.69 Å². The average molecular weight is 242 g/mol. The Kier molecular flexibility index (Phi) is 3.51. The van der Waals surface area contributed by atoms with Crippen LogP contribution in [0.2, 0.25) is 0 Å². The van der Waals surface area contributed by atoms with Crippen LogP contribution in [0.1, 0.15) is 25.3 Å². The molecule has 3 nitrogen and oxygen atoms in total. The van der Waals surface area contributed by atoms with Crippen molar-refractivity contribution in [3.8, 4) is 17.0 Å². The number of methoxy groups -OCH3 is 1. The number of rotatable bonds is 3. The van der Waals surface area contributed by atoms with Crippen LogP contribution < -0.4 is 10.5 Å².